The molecule has 0 radical (unpaired) electrons. The Labute approximate surface area is 167 Å². The molecule has 0 bridgehead atoms. The first kappa shape index (κ1) is 20.0. The minimum Gasteiger partial charge on any atom is -0.465 e. The average Bonchev–Trinajstić information content (AvgIpc) is 2.74. The van der Waals surface area contributed by atoms with Gasteiger partial charge in [-0.2, -0.15) is 0 Å². The van der Waals surface area contributed by atoms with Crippen molar-refractivity contribution in [3.63, 3.8) is 0 Å². The standard InChI is InChI=1S/C20H17N3O5S/c1-28-20(25)15-2-6-16(7-3-15)22-19(24)14-4-8-18(9-5-14)29(26,27)23-17-10-12-21-13-11-17/h2-13H,1H3,(H,21,23)(H,22,24). The van der Waals surface area contributed by atoms with Crippen LogP contribution in [0.3, 0.4) is 0 Å². The van der Waals surface area contributed by atoms with E-state index in [0.29, 0.717) is 16.9 Å². The number of nitrogens with one attached hydrogen (secondary N) is 2. The van der Waals surface area contributed by atoms with Gasteiger partial charge in [-0.1, -0.05) is 0 Å². The first-order valence-electron chi connectivity index (χ1n) is 8.42. The van der Waals surface area contributed by atoms with Gasteiger partial charge in [-0.05, 0) is 60.7 Å². The molecule has 2 N–H and O–H groups in total. The molecule has 148 valence electrons. The number of anilines is 2. The Bertz CT molecular complexity index is 1110. The van der Waals surface area contributed by atoms with Gasteiger partial charge in [-0.15, -0.1) is 0 Å². The fraction of sp³-hybridized carbons (Fsp3) is 0.0500. The normalized spacial score (nSPS) is 10.8. The third-order valence-corrected chi connectivity index (χ3v) is 5.32. The van der Waals surface area contributed by atoms with E-state index in [1.54, 1.807) is 12.1 Å². The zero-order valence-corrected chi connectivity index (χ0v) is 16.1. The Morgan fingerprint density at radius 1 is 0.828 bits per heavy atom. The number of esters is 1. The van der Waals surface area contributed by atoms with Crippen LogP contribution in [-0.4, -0.2) is 32.4 Å². The third kappa shape index (κ3) is 4.96. The first-order valence-corrected chi connectivity index (χ1v) is 9.90. The molecule has 3 rings (SSSR count). The van der Waals surface area contributed by atoms with Crippen LogP contribution in [0.4, 0.5) is 11.4 Å². The number of benzene rings is 2. The summed E-state index contributed by atoms with van der Waals surface area (Å²) in [6, 6.07) is 14.8. The topological polar surface area (TPSA) is 114 Å². The zero-order chi connectivity index (χ0) is 20.9. The quantitative estimate of drug-likeness (QED) is 0.603. The van der Waals surface area contributed by atoms with Crippen molar-refractivity contribution in [1.82, 2.24) is 4.98 Å². The monoisotopic (exact) mass is 411 g/mol. The van der Waals surface area contributed by atoms with Gasteiger partial charge in [0, 0.05) is 23.6 Å². The molecule has 1 aromatic heterocycles. The van der Waals surface area contributed by atoms with Gasteiger partial charge in [-0.3, -0.25) is 14.5 Å². The summed E-state index contributed by atoms with van der Waals surface area (Å²) < 4.78 is 31.9. The Balaban J connectivity index is 1.69. The highest BCUT2D eigenvalue weighted by molar-refractivity contribution is 7.92. The van der Waals surface area contributed by atoms with E-state index in [2.05, 4.69) is 19.8 Å². The van der Waals surface area contributed by atoms with E-state index in [4.69, 9.17) is 0 Å². The van der Waals surface area contributed by atoms with Crippen LogP contribution in [-0.2, 0) is 14.8 Å². The number of hydrogen-bond acceptors (Lipinski definition) is 6. The van der Waals surface area contributed by atoms with Crippen LogP contribution in [0.25, 0.3) is 0 Å². The highest BCUT2D eigenvalue weighted by Crippen LogP contribution is 2.17. The summed E-state index contributed by atoms with van der Waals surface area (Å²) in [5.74, 6) is -0.887. The Morgan fingerprint density at radius 2 is 1.41 bits per heavy atom. The van der Waals surface area contributed by atoms with Crippen LogP contribution >= 0.6 is 0 Å². The van der Waals surface area contributed by atoms with Gasteiger partial charge in [0.15, 0.2) is 0 Å². The first-order chi connectivity index (χ1) is 13.9. The van der Waals surface area contributed by atoms with E-state index in [9.17, 15) is 18.0 Å². The van der Waals surface area contributed by atoms with Crippen molar-refractivity contribution in [2.24, 2.45) is 0 Å². The van der Waals surface area contributed by atoms with Crippen molar-refractivity contribution in [1.29, 1.82) is 0 Å². The van der Waals surface area contributed by atoms with Crippen molar-refractivity contribution in [3.8, 4) is 0 Å². The number of carbonyl (C=O) groups excluding carboxylic acids is 2. The molecular weight excluding hydrogens is 394 g/mol. The summed E-state index contributed by atoms with van der Waals surface area (Å²) in [5.41, 5.74) is 1.52. The lowest BCUT2D eigenvalue weighted by Gasteiger charge is -2.09. The molecule has 0 spiro atoms. The predicted octanol–water partition coefficient (Wildman–Crippen LogP) is 2.92. The molecule has 0 saturated heterocycles. The van der Waals surface area contributed by atoms with Crippen LogP contribution in [0.1, 0.15) is 20.7 Å². The molecule has 0 unspecified atom stereocenters. The van der Waals surface area contributed by atoms with Crippen molar-refractivity contribution in [2.45, 2.75) is 4.90 Å². The molecule has 0 fully saturated rings. The van der Waals surface area contributed by atoms with Gasteiger partial charge in [-0.25, -0.2) is 13.2 Å². The van der Waals surface area contributed by atoms with Crippen LogP contribution in [0.5, 0.6) is 0 Å². The predicted molar refractivity (Wildman–Crippen MR) is 107 cm³/mol. The minimum absolute atomic E-state index is 0.0216. The molecule has 0 aliphatic heterocycles. The number of carbonyl (C=O) groups is 2. The van der Waals surface area contributed by atoms with Crippen molar-refractivity contribution >= 4 is 33.3 Å². The van der Waals surface area contributed by atoms with Crippen molar-refractivity contribution < 1.29 is 22.7 Å². The molecule has 1 heterocycles. The van der Waals surface area contributed by atoms with Crippen molar-refractivity contribution in [2.75, 3.05) is 17.1 Å². The summed E-state index contributed by atoms with van der Waals surface area (Å²) in [6.07, 6.45) is 2.95. The van der Waals surface area contributed by atoms with E-state index in [-0.39, 0.29) is 10.5 Å². The van der Waals surface area contributed by atoms with Crippen LogP contribution in [0.2, 0.25) is 0 Å². The van der Waals surface area contributed by atoms with Gasteiger partial charge < -0.3 is 10.1 Å². The lowest BCUT2D eigenvalue weighted by molar-refractivity contribution is 0.0600. The number of pyridine rings is 1. The molecule has 0 atom stereocenters. The van der Waals surface area contributed by atoms with E-state index in [1.165, 1.54) is 68.0 Å². The molecule has 9 heteroatoms. The summed E-state index contributed by atoms with van der Waals surface area (Å²) in [5, 5.41) is 2.68. The van der Waals surface area contributed by atoms with E-state index >= 15 is 0 Å². The second-order valence-corrected chi connectivity index (χ2v) is 7.57. The fourth-order valence-electron chi connectivity index (χ4n) is 2.43. The maximum atomic E-state index is 12.4. The highest BCUT2D eigenvalue weighted by atomic mass is 32.2. The van der Waals surface area contributed by atoms with Gasteiger partial charge in [0.25, 0.3) is 15.9 Å². The van der Waals surface area contributed by atoms with Crippen LogP contribution in [0, 0.1) is 0 Å². The van der Waals surface area contributed by atoms with Crippen molar-refractivity contribution in [3.05, 3.63) is 84.2 Å². The Kier molecular flexibility index (Phi) is 5.89. The Hall–Kier alpha value is -3.72. The maximum absolute atomic E-state index is 12.4. The zero-order valence-electron chi connectivity index (χ0n) is 15.3. The molecule has 1 amide bonds. The number of ether oxygens (including phenoxy) is 1. The molecule has 0 aliphatic rings. The average molecular weight is 411 g/mol. The number of methoxy groups -OCH3 is 1. The van der Waals surface area contributed by atoms with E-state index in [1.807, 2.05) is 0 Å². The van der Waals surface area contributed by atoms with Crippen LogP contribution < -0.4 is 10.0 Å². The maximum Gasteiger partial charge on any atom is 0.337 e. The van der Waals surface area contributed by atoms with E-state index in [0.717, 1.165) is 0 Å². The molecule has 8 nitrogen and oxygen atoms in total. The van der Waals surface area contributed by atoms with Gasteiger partial charge >= 0.3 is 5.97 Å². The number of sulfonamides is 1. The van der Waals surface area contributed by atoms with Gasteiger partial charge in [0.1, 0.15) is 0 Å². The number of hydrogen-bond donors (Lipinski definition) is 2. The lowest BCUT2D eigenvalue weighted by Crippen LogP contribution is -2.15. The smallest absolute Gasteiger partial charge is 0.337 e. The molecule has 29 heavy (non-hydrogen) atoms. The third-order valence-electron chi connectivity index (χ3n) is 3.92. The van der Waals surface area contributed by atoms with E-state index < -0.39 is 21.9 Å². The molecule has 0 aliphatic carbocycles. The minimum atomic E-state index is -3.78. The molecule has 2 aromatic carbocycles. The van der Waals surface area contributed by atoms with Gasteiger partial charge in [0.2, 0.25) is 0 Å². The Morgan fingerprint density at radius 3 is 2.00 bits per heavy atom. The molecular formula is C20H17N3O5S. The summed E-state index contributed by atoms with van der Waals surface area (Å²) in [7, 11) is -2.50. The van der Waals surface area contributed by atoms with Crippen LogP contribution in [0.15, 0.2) is 78.0 Å². The summed E-state index contributed by atoms with van der Waals surface area (Å²) in [6.45, 7) is 0. The number of aromatic nitrogens is 1. The number of rotatable bonds is 6. The highest BCUT2D eigenvalue weighted by Gasteiger charge is 2.15. The van der Waals surface area contributed by atoms with Gasteiger partial charge in [0.05, 0.1) is 23.3 Å². The lowest BCUT2D eigenvalue weighted by atomic mass is 10.2. The summed E-state index contributed by atoms with van der Waals surface area (Å²) >= 11 is 0. The fourth-order valence-corrected chi connectivity index (χ4v) is 3.49. The molecule has 3 aromatic rings. The second kappa shape index (κ2) is 8.53. The molecule has 0 saturated carbocycles. The largest absolute Gasteiger partial charge is 0.465 e. The summed E-state index contributed by atoms with van der Waals surface area (Å²) in [4.78, 5) is 27.6. The SMILES string of the molecule is COC(=O)c1ccc(NC(=O)c2ccc(S(=O)(=O)Nc3ccncc3)cc2)cc1. The number of amides is 1. The number of nitrogens with zero attached hydrogens (tertiary/aromatic N) is 1. The second-order valence-electron chi connectivity index (χ2n) is 5.89.